The van der Waals surface area contributed by atoms with E-state index in [2.05, 4.69) is 11.8 Å². The maximum atomic E-state index is 13.2. The Morgan fingerprint density at radius 3 is 2.57 bits per heavy atom. The SMILES string of the molecule is CCCCCCN(CCN1CCOCC1)C(=O)c1ccc(OCC(N)=O)c(OC)c1. The summed E-state index contributed by atoms with van der Waals surface area (Å²) < 4.78 is 16.1. The van der Waals surface area contributed by atoms with Crippen molar-refractivity contribution >= 4 is 11.8 Å². The highest BCUT2D eigenvalue weighted by Gasteiger charge is 2.20. The molecule has 2 N–H and O–H groups in total. The smallest absolute Gasteiger partial charge is 0.255 e. The van der Waals surface area contributed by atoms with Crippen LogP contribution in [0.2, 0.25) is 0 Å². The van der Waals surface area contributed by atoms with Gasteiger partial charge in [-0.3, -0.25) is 14.5 Å². The normalized spacial score (nSPS) is 14.3. The van der Waals surface area contributed by atoms with Gasteiger partial charge in [-0.05, 0) is 24.6 Å². The Kier molecular flexibility index (Phi) is 10.4. The van der Waals surface area contributed by atoms with Crippen LogP contribution in [0, 0.1) is 0 Å². The van der Waals surface area contributed by atoms with Crippen LogP contribution in [0.1, 0.15) is 43.0 Å². The van der Waals surface area contributed by atoms with Gasteiger partial charge in [0.1, 0.15) is 0 Å². The van der Waals surface area contributed by atoms with E-state index in [-0.39, 0.29) is 12.5 Å². The lowest BCUT2D eigenvalue weighted by atomic mass is 10.1. The molecule has 30 heavy (non-hydrogen) atoms. The van der Waals surface area contributed by atoms with Crippen molar-refractivity contribution in [2.45, 2.75) is 32.6 Å². The largest absolute Gasteiger partial charge is 0.493 e. The lowest BCUT2D eigenvalue weighted by Crippen LogP contribution is -2.43. The van der Waals surface area contributed by atoms with E-state index in [1.54, 1.807) is 18.2 Å². The highest BCUT2D eigenvalue weighted by atomic mass is 16.5. The third-order valence-corrected chi connectivity index (χ3v) is 5.14. The Hall–Kier alpha value is -2.32. The zero-order valence-electron chi connectivity index (χ0n) is 18.2. The number of hydrogen-bond acceptors (Lipinski definition) is 6. The second-order valence-electron chi connectivity index (χ2n) is 7.43. The number of nitrogens with zero attached hydrogens (tertiary/aromatic N) is 2. The Balaban J connectivity index is 2.06. The van der Waals surface area contributed by atoms with E-state index in [4.69, 9.17) is 19.9 Å². The number of amides is 2. The average molecular weight is 422 g/mol. The molecule has 168 valence electrons. The summed E-state index contributed by atoms with van der Waals surface area (Å²) in [7, 11) is 1.50. The fraction of sp³-hybridized carbons (Fsp3) is 0.636. The topological polar surface area (TPSA) is 94.3 Å². The lowest BCUT2D eigenvalue weighted by Gasteiger charge is -2.30. The van der Waals surface area contributed by atoms with Crippen molar-refractivity contribution in [1.29, 1.82) is 0 Å². The fourth-order valence-electron chi connectivity index (χ4n) is 3.38. The van der Waals surface area contributed by atoms with E-state index in [1.165, 1.54) is 13.5 Å². The van der Waals surface area contributed by atoms with E-state index in [0.29, 0.717) is 23.6 Å². The number of unbranched alkanes of at least 4 members (excludes halogenated alkanes) is 3. The van der Waals surface area contributed by atoms with Crippen LogP contribution in [-0.4, -0.2) is 81.3 Å². The van der Waals surface area contributed by atoms with Gasteiger partial charge in [0, 0.05) is 38.3 Å². The maximum Gasteiger partial charge on any atom is 0.255 e. The van der Waals surface area contributed by atoms with Gasteiger partial charge >= 0.3 is 0 Å². The van der Waals surface area contributed by atoms with Crippen LogP contribution in [0.25, 0.3) is 0 Å². The number of carbonyl (C=O) groups excluding carboxylic acids is 2. The molecule has 2 amide bonds. The zero-order valence-corrected chi connectivity index (χ0v) is 18.2. The van der Waals surface area contributed by atoms with Crippen molar-refractivity contribution in [3.8, 4) is 11.5 Å². The molecule has 0 radical (unpaired) electrons. The van der Waals surface area contributed by atoms with Gasteiger partial charge < -0.3 is 24.8 Å². The summed E-state index contributed by atoms with van der Waals surface area (Å²) >= 11 is 0. The highest BCUT2D eigenvalue weighted by molar-refractivity contribution is 5.95. The van der Waals surface area contributed by atoms with Gasteiger partial charge in [0.25, 0.3) is 11.8 Å². The first kappa shape index (κ1) is 24.0. The second-order valence-corrected chi connectivity index (χ2v) is 7.43. The summed E-state index contributed by atoms with van der Waals surface area (Å²) in [4.78, 5) is 28.5. The summed E-state index contributed by atoms with van der Waals surface area (Å²) in [6.45, 7) is 7.46. The third kappa shape index (κ3) is 7.84. The molecule has 1 aromatic carbocycles. The van der Waals surface area contributed by atoms with E-state index in [1.807, 2.05) is 4.90 Å². The number of primary amides is 1. The van der Waals surface area contributed by atoms with Crippen LogP contribution in [0.15, 0.2) is 18.2 Å². The number of carbonyl (C=O) groups is 2. The van der Waals surface area contributed by atoms with Gasteiger partial charge in [-0.1, -0.05) is 26.2 Å². The average Bonchev–Trinajstić information content (AvgIpc) is 2.77. The number of benzene rings is 1. The predicted molar refractivity (Wildman–Crippen MR) is 115 cm³/mol. The third-order valence-electron chi connectivity index (χ3n) is 5.14. The Labute approximate surface area is 179 Å². The molecule has 0 bridgehead atoms. The van der Waals surface area contributed by atoms with Crippen molar-refractivity contribution in [3.05, 3.63) is 23.8 Å². The van der Waals surface area contributed by atoms with Gasteiger partial charge in [-0.2, -0.15) is 0 Å². The Morgan fingerprint density at radius 1 is 1.13 bits per heavy atom. The number of methoxy groups -OCH3 is 1. The van der Waals surface area contributed by atoms with Gasteiger partial charge in [0.15, 0.2) is 18.1 Å². The first-order valence-corrected chi connectivity index (χ1v) is 10.7. The minimum atomic E-state index is -0.571. The molecule has 0 aliphatic carbocycles. The summed E-state index contributed by atoms with van der Waals surface area (Å²) in [6, 6.07) is 5.01. The van der Waals surface area contributed by atoms with Crippen molar-refractivity contribution < 1.29 is 23.8 Å². The first-order chi connectivity index (χ1) is 14.5. The quantitative estimate of drug-likeness (QED) is 0.489. The van der Waals surface area contributed by atoms with Crippen molar-refractivity contribution in [2.75, 3.05) is 59.7 Å². The standard InChI is InChI=1S/C22H35N3O5/c1-3-4-5-6-9-25(11-10-24-12-14-29-15-13-24)22(27)18-7-8-19(20(16-18)28-2)30-17-21(23)26/h7-8,16H,3-6,9-15,17H2,1-2H3,(H2,23,26). The second kappa shape index (κ2) is 13.1. The Morgan fingerprint density at radius 2 is 1.90 bits per heavy atom. The summed E-state index contributed by atoms with van der Waals surface area (Å²) in [6.07, 6.45) is 4.43. The van der Waals surface area contributed by atoms with Gasteiger partial charge in [0.05, 0.1) is 20.3 Å². The molecule has 1 saturated heterocycles. The molecule has 1 heterocycles. The number of hydrogen-bond donors (Lipinski definition) is 1. The minimum absolute atomic E-state index is 0.0282. The molecule has 0 aromatic heterocycles. The molecule has 0 unspecified atom stereocenters. The molecule has 0 saturated carbocycles. The molecule has 0 spiro atoms. The molecule has 8 nitrogen and oxygen atoms in total. The van der Waals surface area contributed by atoms with E-state index >= 15 is 0 Å². The molecule has 1 aromatic rings. The minimum Gasteiger partial charge on any atom is -0.493 e. The van der Waals surface area contributed by atoms with Crippen molar-refractivity contribution in [3.63, 3.8) is 0 Å². The van der Waals surface area contributed by atoms with Crippen LogP contribution in [0.5, 0.6) is 11.5 Å². The number of morpholine rings is 1. The summed E-state index contributed by atoms with van der Waals surface area (Å²) in [5, 5.41) is 0. The number of rotatable bonds is 13. The molecular formula is C22H35N3O5. The molecule has 1 fully saturated rings. The maximum absolute atomic E-state index is 13.2. The van der Waals surface area contributed by atoms with Crippen LogP contribution in [-0.2, 0) is 9.53 Å². The Bertz CT molecular complexity index is 677. The van der Waals surface area contributed by atoms with Crippen LogP contribution in [0.4, 0.5) is 0 Å². The summed E-state index contributed by atoms with van der Waals surface area (Å²) in [5.41, 5.74) is 5.67. The first-order valence-electron chi connectivity index (χ1n) is 10.7. The van der Waals surface area contributed by atoms with Gasteiger partial charge in [-0.15, -0.1) is 0 Å². The molecule has 8 heteroatoms. The monoisotopic (exact) mass is 421 g/mol. The van der Waals surface area contributed by atoms with Gasteiger partial charge in [-0.25, -0.2) is 0 Å². The molecule has 1 aliphatic heterocycles. The van der Waals surface area contributed by atoms with Crippen LogP contribution >= 0.6 is 0 Å². The van der Waals surface area contributed by atoms with E-state index < -0.39 is 5.91 Å². The van der Waals surface area contributed by atoms with E-state index in [9.17, 15) is 9.59 Å². The predicted octanol–water partition coefficient (Wildman–Crippen LogP) is 1.91. The molecular weight excluding hydrogens is 386 g/mol. The highest BCUT2D eigenvalue weighted by Crippen LogP contribution is 2.28. The van der Waals surface area contributed by atoms with Crippen molar-refractivity contribution in [1.82, 2.24) is 9.80 Å². The van der Waals surface area contributed by atoms with Gasteiger partial charge in [0.2, 0.25) is 0 Å². The lowest BCUT2D eigenvalue weighted by molar-refractivity contribution is -0.119. The summed E-state index contributed by atoms with van der Waals surface area (Å²) in [5.74, 6) is 0.190. The van der Waals surface area contributed by atoms with Crippen molar-refractivity contribution in [2.24, 2.45) is 5.73 Å². The van der Waals surface area contributed by atoms with Crippen LogP contribution < -0.4 is 15.2 Å². The number of ether oxygens (including phenoxy) is 3. The zero-order chi connectivity index (χ0) is 21.8. The molecule has 2 rings (SSSR count). The molecule has 0 atom stereocenters. The van der Waals surface area contributed by atoms with E-state index in [0.717, 1.165) is 58.7 Å². The fourth-order valence-corrected chi connectivity index (χ4v) is 3.38. The van der Waals surface area contributed by atoms with Crippen LogP contribution in [0.3, 0.4) is 0 Å². The molecule has 1 aliphatic rings. The number of nitrogens with two attached hydrogens (primary N) is 1.